The number of hydrogen-bond acceptors (Lipinski definition) is 2. The molecule has 0 spiro atoms. The summed E-state index contributed by atoms with van der Waals surface area (Å²) in [5.74, 6) is 2.31. The first-order valence-corrected chi connectivity index (χ1v) is 6.24. The lowest BCUT2D eigenvalue weighted by molar-refractivity contribution is -0.122. The van der Waals surface area contributed by atoms with Crippen molar-refractivity contribution in [3.63, 3.8) is 0 Å². The predicted octanol–water partition coefficient (Wildman–Crippen LogP) is 1.18. The first kappa shape index (κ1) is 13.2. The number of terminal acetylenes is 1. The van der Waals surface area contributed by atoms with Gasteiger partial charge in [0.25, 0.3) is 0 Å². The molecule has 0 fully saturated rings. The van der Waals surface area contributed by atoms with Gasteiger partial charge in [-0.25, -0.2) is 0 Å². The van der Waals surface area contributed by atoms with E-state index in [1.807, 2.05) is 30.5 Å². The fourth-order valence-electron chi connectivity index (χ4n) is 2.02. The molecule has 0 aliphatic rings. The minimum atomic E-state index is -0.558. The largest absolute Gasteiger partial charge is 0.361 e. The molecule has 1 aromatic heterocycles. The summed E-state index contributed by atoms with van der Waals surface area (Å²) in [6.07, 6.45) is 8.05. The molecule has 4 heteroatoms. The molecule has 0 aliphatic heterocycles. The summed E-state index contributed by atoms with van der Waals surface area (Å²) in [6, 6.07) is 7.39. The van der Waals surface area contributed by atoms with Crippen LogP contribution in [0.25, 0.3) is 10.9 Å². The lowest BCUT2D eigenvalue weighted by Gasteiger charge is -2.11. The van der Waals surface area contributed by atoms with Crippen molar-refractivity contribution < 1.29 is 4.79 Å². The summed E-state index contributed by atoms with van der Waals surface area (Å²) >= 11 is 0. The fraction of sp³-hybridized carbons (Fsp3) is 0.267. The molecule has 2 rings (SSSR count). The SMILES string of the molecule is C#CCCNC(=O)C(N)Cc1c[nH]c2ccccc12. The van der Waals surface area contributed by atoms with Gasteiger partial charge in [-0.3, -0.25) is 4.79 Å². The van der Waals surface area contributed by atoms with Crippen LogP contribution in [0.5, 0.6) is 0 Å². The van der Waals surface area contributed by atoms with Crippen molar-refractivity contribution in [3.8, 4) is 12.3 Å². The number of hydrogen-bond donors (Lipinski definition) is 3. The number of carbonyl (C=O) groups is 1. The highest BCUT2D eigenvalue weighted by atomic mass is 16.2. The van der Waals surface area contributed by atoms with Crippen LogP contribution in [0.3, 0.4) is 0 Å². The van der Waals surface area contributed by atoms with Crippen LogP contribution in [0.4, 0.5) is 0 Å². The van der Waals surface area contributed by atoms with Crippen molar-refractivity contribution in [3.05, 3.63) is 36.0 Å². The summed E-state index contributed by atoms with van der Waals surface area (Å²) in [4.78, 5) is 14.9. The average molecular weight is 255 g/mol. The molecule has 19 heavy (non-hydrogen) atoms. The number of aromatic nitrogens is 1. The van der Waals surface area contributed by atoms with E-state index in [4.69, 9.17) is 12.2 Å². The van der Waals surface area contributed by atoms with E-state index in [0.29, 0.717) is 19.4 Å². The Morgan fingerprint density at radius 3 is 3.05 bits per heavy atom. The Morgan fingerprint density at radius 2 is 2.26 bits per heavy atom. The van der Waals surface area contributed by atoms with Crippen molar-refractivity contribution in [2.45, 2.75) is 18.9 Å². The molecular weight excluding hydrogens is 238 g/mol. The third kappa shape index (κ3) is 3.15. The highest BCUT2D eigenvalue weighted by Crippen LogP contribution is 2.18. The summed E-state index contributed by atoms with van der Waals surface area (Å²) in [5, 5.41) is 3.83. The van der Waals surface area contributed by atoms with Crippen LogP contribution >= 0.6 is 0 Å². The van der Waals surface area contributed by atoms with Crippen LogP contribution in [-0.4, -0.2) is 23.5 Å². The second-order valence-corrected chi connectivity index (χ2v) is 4.42. The molecule has 0 radical (unpaired) electrons. The maximum Gasteiger partial charge on any atom is 0.237 e. The van der Waals surface area contributed by atoms with Gasteiger partial charge in [0.1, 0.15) is 0 Å². The summed E-state index contributed by atoms with van der Waals surface area (Å²) < 4.78 is 0. The first-order valence-electron chi connectivity index (χ1n) is 6.24. The third-order valence-electron chi connectivity index (χ3n) is 3.02. The van der Waals surface area contributed by atoms with Gasteiger partial charge in [-0.1, -0.05) is 18.2 Å². The summed E-state index contributed by atoms with van der Waals surface area (Å²) in [7, 11) is 0. The van der Waals surface area contributed by atoms with E-state index in [1.165, 1.54) is 0 Å². The standard InChI is InChI=1S/C15H17N3O/c1-2-3-8-17-15(19)13(16)9-11-10-18-14-7-5-4-6-12(11)14/h1,4-7,10,13,18H,3,8-9,16H2,(H,17,19). The number of amides is 1. The van der Waals surface area contributed by atoms with Gasteiger partial charge in [0, 0.05) is 30.1 Å². The molecule has 4 N–H and O–H groups in total. The molecule has 98 valence electrons. The van der Waals surface area contributed by atoms with Gasteiger partial charge >= 0.3 is 0 Å². The van der Waals surface area contributed by atoms with Crippen LogP contribution in [0, 0.1) is 12.3 Å². The Hall–Kier alpha value is -2.25. The Morgan fingerprint density at radius 1 is 1.47 bits per heavy atom. The minimum Gasteiger partial charge on any atom is -0.361 e. The summed E-state index contributed by atoms with van der Waals surface area (Å²) in [6.45, 7) is 0.469. The van der Waals surface area contributed by atoms with E-state index < -0.39 is 6.04 Å². The number of para-hydroxylation sites is 1. The maximum atomic E-state index is 11.8. The molecule has 2 aromatic rings. The lowest BCUT2D eigenvalue weighted by Crippen LogP contribution is -2.42. The molecule has 1 atom stereocenters. The smallest absolute Gasteiger partial charge is 0.237 e. The van der Waals surface area contributed by atoms with Crippen molar-refractivity contribution in [1.82, 2.24) is 10.3 Å². The van der Waals surface area contributed by atoms with Crippen LogP contribution in [0.15, 0.2) is 30.5 Å². The molecular formula is C15H17N3O. The minimum absolute atomic E-state index is 0.166. The number of carbonyl (C=O) groups excluding carboxylic acids is 1. The van der Waals surface area contributed by atoms with E-state index in [0.717, 1.165) is 16.5 Å². The number of benzene rings is 1. The average Bonchev–Trinajstić information content (AvgIpc) is 2.82. The monoisotopic (exact) mass is 255 g/mol. The van der Waals surface area contributed by atoms with Gasteiger partial charge in [-0.15, -0.1) is 12.3 Å². The Labute approximate surface area is 112 Å². The third-order valence-corrected chi connectivity index (χ3v) is 3.02. The highest BCUT2D eigenvalue weighted by Gasteiger charge is 2.15. The number of nitrogens with two attached hydrogens (primary N) is 1. The van der Waals surface area contributed by atoms with Gasteiger partial charge in [-0.2, -0.15) is 0 Å². The first-order chi connectivity index (χ1) is 9.22. The second kappa shape index (κ2) is 6.07. The van der Waals surface area contributed by atoms with E-state index in [9.17, 15) is 4.79 Å². The van der Waals surface area contributed by atoms with Gasteiger partial charge in [0.05, 0.1) is 6.04 Å². The molecule has 0 aliphatic carbocycles. The Kier molecular flexibility index (Phi) is 4.22. The van der Waals surface area contributed by atoms with E-state index in [-0.39, 0.29) is 5.91 Å². The van der Waals surface area contributed by atoms with Crippen LogP contribution in [0.2, 0.25) is 0 Å². The molecule has 1 unspecified atom stereocenters. The number of H-pyrrole nitrogens is 1. The van der Waals surface area contributed by atoms with Crippen LogP contribution in [0.1, 0.15) is 12.0 Å². The van der Waals surface area contributed by atoms with Crippen molar-refractivity contribution in [2.24, 2.45) is 5.73 Å². The number of aromatic amines is 1. The zero-order valence-corrected chi connectivity index (χ0v) is 10.6. The summed E-state index contributed by atoms with van der Waals surface area (Å²) in [5.41, 5.74) is 8.01. The molecule has 0 bridgehead atoms. The molecule has 0 saturated heterocycles. The number of nitrogens with one attached hydrogen (secondary N) is 2. The second-order valence-electron chi connectivity index (χ2n) is 4.42. The van der Waals surface area contributed by atoms with Gasteiger partial charge in [0.2, 0.25) is 5.91 Å². The predicted molar refractivity (Wildman–Crippen MR) is 76.4 cm³/mol. The number of rotatable bonds is 5. The fourth-order valence-corrected chi connectivity index (χ4v) is 2.02. The van der Waals surface area contributed by atoms with Crippen molar-refractivity contribution >= 4 is 16.8 Å². The van der Waals surface area contributed by atoms with Gasteiger partial charge in [0.15, 0.2) is 0 Å². The van der Waals surface area contributed by atoms with E-state index >= 15 is 0 Å². The molecule has 4 nitrogen and oxygen atoms in total. The van der Waals surface area contributed by atoms with Gasteiger partial charge < -0.3 is 16.0 Å². The lowest BCUT2D eigenvalue weighted by atomic mass is 10.1. The van der Waals surface area contributed by atoms with Gasteiger partial charge in [-0.05, 0) is 18.1 Å². The Bertz CT molecular complexity index is 609. The van der Waals surface area contributed by atoms with E-state index in [2.05, 4.69) is 16.2 Å². The zero-order chi connectivity index (χ0) is 13.7. The maximum absolute atomic E-state index is 11.8. The molecule has 0 saturated carbocycles. The van der Waals surface area contributed by atoms with Crippen LogP contribution in [-0.2, 0) is 11.2 Å². The molecule has 1 amide bonds. The van der Waals surface area contributed by atoms with E-state index in [1.54, 1.807) is 0 Å². The molecule has 1 aromatic carbocycles. The zero-order valence-electron chi connectivity index (χ0n) is 10.6. The van der Waals surface area contributed by atoms with Crippen molar-refractivity contribution in [1.29, 1.82) is 0 Å². The molecule has 1 heterocycles. The Balaban J connectivity index is 2.00. The van der Waals surface area contributed by atoms with Crippen LogP contribution < -0.4 is 11.1 Å². The number of fused-ring (bicyclic) bond motifs is 1. The highest BCUT2D eigenvalue weighted by molar-refractivity contribution is 5.86. The van der Waals surface area contributed by atoms with Crippen molar-refractivity contribution in [2.75, 3.05) is 6.54 Å². The normalized spacial score (nSPS) is 12.0. The topological polar surface area (TPSA) is 70.9 Å². The quantitative estimate of drug-likeness (QED) is 0.554.